The molecule has 2 rings (SSSR count). The maximum absolute atomic E-state index is 5.96. The predicted molar refractivity (Wildman–Crippen MR) is 67.5 cm³/mol. The van der Waals surface area contributed by atoms with E-state index in [0.717, 1.165) is 30.9 Å². The lowest BCUT2D eigenvalue weighted by Crippen LogP contribution is -2.29. The van der Waals surface area contributed by atoms with Gasteiger partial charge in [-0.3, -0.25) is 0 Å². The summed E-state index contributed by atoms with van der Waals surface area (Å²) in [6, 6.07) is 0. The highest BCUT2D eigenvalue weighted by Gasteiger charge is 2.24. The highest BCUT2D eigenvalue weighted by Crippen LogP contribution is 2.30. The van der Waals surface area contributed by atoms with E-state index in [1.165, 1.54) is 38.6 Å². The molecular weight excluding hydrogens is 198 g/mol. The van der Waals surface area contributed by atoms with Crippen LogP contribution in [0.3, 0.4) is 0 Å². The quantitative estimate of drug-likeness (QED) is 0.702. The van der Waals surface area contributed by atoms with Crippen molar-refractivity contribution >= 4 is 0 Å². The second-order valence-electron chi connectivity index (χ2n) is 6.06. The van der Waals surface area contributed by atoms with Crippen molar-refractivity contribution in [1.29, 1.82) is 0 Å². The van der Waals surface area contributed by atoms with Crippen LogP contribution in [0.15, 0.2) is 0 Å². The minimum atomic E-state index is 0.529. The summed E-state index contributed by atoms with van der Waals surface area (Å²) in [5.41, 5.74) is 0. The summed E-state index contributed by atoms with van der Waals surface area (Å²) in [4.78, 5) is 0. The number of hydrogen-bond donors (Lipinski definition) is 1. The van der Waals surface area contributed by atoms with Crippen molar-refractivity contribution in [3.8, 4) is 0 Å². The van der Waals surface area contributed by atoms with Gasteiger partial charge in [0.15, 0.2) is 0 Å². The summed E-state index contributed by atoms with van der Waals surface area (Å²) in [7, 11) is 0. The van der Waals surface area contributed by atoms with E-state index in [-0.39, 0.29) is 0 Å². The molecule has 2 saturated carbocycles. The van der Waals surface area contributed by atoms with Crippen LogP contribution < -0.4 is 5.32 Å². The first-order chi connectivity index (χ1) is 7.74. The van der Waals surface area contributed by atoms with E-state index in [0.29, 0.717) is 6.10 Å². The van der Waals surface area contributed by atoms with Gasteiger partial charge < -0.3 is 10.1 Å². The van der Waals surface area contributed by atoms with E-state index in [4.69, 9.17) is 4.74 Å². The Kier molecular flexibility index (Phi) is 4.66. The molecule has 1 N–H and O–H groups in total. The highest BCUT2D eigenvalue weighted by molar-refractivity contribution is 4.76. The molecule has 0 saturated heterocycles. The summed E-state index contributed by atoms with van der Waals surface area (Å²) in [5.74, 6) is 2.69. The van der Waals surface area contributed by atoms with Gasteiger partial charge in [-0.15, -0.1) is 0 Å². The lowest BCUT2D eigenvalue weighted by atomic mass is 9.82. The van der Waals surface area contributed by atoms with Gasteiger partial charge in [0.05, 0.1) is 12.7 Å². The molecule has 0 amide bonds. The van der Waals surface area contributed by atoms with Crippen LogP contribution >= 0.6 is 0 Å². The predicted octanol–water partition coefficient (Wildman–Crippen LogP) is 2.83. The maximum Gasteiger partial charge on any atom is 0.0594 e. The van der Waals surface area contributed by atoms with Crippen LogP contribution in [0.5, 0.6) is 0 Å². The molecule has 0 radical (unpaired) electrons. The van der Waals surface area contributed by atoms with Gasteiger partial charge in [0.2, 0.25) is 0 Å². The van der Waals surface area contributed by atoms with Crippen molar-refractivity contribution in [2.24, 2.45) is 17.8 Å². The summed E-state index contributed by atoms with van der Waals surface area (Å²) >= 11 is 0. The summed E-state index contributed by atoms with van der Waals surface area (Å²) in [6.45, 7) is 7.86. The number of ether oxygens (including phenoxy) is 1. The van der Waals surface area contributed by atoms with Crippen LogP contribution in [-0.4, -0.2) is 25.8 Å². The van der Waals surface area contributed by atoms with E-state index in [1.54, 1.807) is 0 Å². The molecule has 2 aliphatic rings. The standard InChI is InChI=1S/C14H27NO/c1-11-7-12(2)9-14(8-11)16-6-5-15-10-13-3-4-13/h11-15H,3-10H2,1-2H3. The Morgan fingerprint density at radius 1 is 1.06 bits per heavy atom. The molecule has 2 atom stereocenters. The molecule has 2 fully saturated rings. The Balaban J connectivity index is 1.50. The molecule has 0 bridgehead atoms. The average Bonchev–Trinajstić information content (AvgIpc) is 2.99. The normalized spacial score (nSPS) is 35.2. The minimum Gasteiger partial charge on any atom is -0.377 e. The Bertz CT molecular complexity index is 193. The zero-order valence-corrected chi connectivity index (χ0v) is 10.9. The molecule has 16 heavy (non-hydrogen) atoms. The van der Waals surface area contributed by atoms with Crippen LogP contribution in [-0.2, 0) is 4.74 Å². The molecule has 2 aliphatic carbocycles. The molecule has 2 unspecified atom stereocenters. The number of hydrogen-bond acceptors (Lipinski definition) is 2. The van der Waals surface area contributed by atoms with E-state index in [9.17, 15) is 0 Å². The van der Waals surface area contributed by atoms with Gasteiger partial charge in [-0.2, -0.15) is 0 Å². The maximum atomic E-state index is 5.96. The molecule has 94 valence electrons. The van der Waals surface area contributed by atoms with E-state index >= 15 is 0 Å². The van der Waals surface area contributed by atoms with Crippen molar-refractivity contribution in [2.45, 2.75) is 52.1 Å². The van der Waals surface area contributed by atoms with E-state index < -0.39 is 0 Å². The van der Waals surface area contributed by atoms with Crippen LogP contribution in [0, 0.1) is 17.8 Å². The van der Waals surface area contributed by atoms with Crippen LogP contribution in [0.2, 0.25) is 0 Å². The van der Waals surface area contributed by atoms with Gasteiger partial charge in [-0.05, 0) is 56.4 Å². The van der Waals surface area contributed by atoms with Gasteiger partial charge in [-0.25, -0.2) is 0 Å². The second kappa shape index (κ2) is 6.02. The lowest BCUT2D eigenvalue weighted by molar-refractivity contribution is 0.00270. The van der Waals surface area contributed by atoms with E-state index in [1.807, 2.05) is 0 Å². The summed E-state index contributed by atoms with van der Waals surface area (Å²) < 4.78 is 5.96. The molecule has 0 aromatic carbocycles. The highest BCUT2D eigenvalue weighted by atomic mass is 16.5. The van der Waals surface area contributed by atoms with Crippen molar-refractivity contribution in [3.63, 3.8) is 0 Å². The minimum absolute atomic E-state index is 0.529. The largest absolute Gasteiger partial charge is 0.377 e. The van der Waals surface area contributed by atoms with Crippen molar-refractivity contribution in [2.75, 3.05) is 19.7 Å². The van der Waals surface area contributed by atoms with Gasteiger partial charge in [0.1, 0.15) is 0 Å². The second-order valence-corrected chi connectivity index (χ2v) is 6.06. The Morgan fingerprint density at radius 3 is 2.38 bits per heavy atom. The topological polar surface area (TPSA) is 21.3 Å². The summed E-state index contributed by atoms with van der Waals surface area (Å²) in [6.07, 6.45) is 7.33. The number of rotatable bonds is 6. The monoisotopic (exact) mass is 225 g/mol. The third-order valence-electron chi connectivity index (χ3n) is 3.90. The van der Waals surface area contributed by atoms with Crippen LogP contribution in [0.25, 0.3) is 0 Å². The molecule has 0 aromatic rings. The smallest absolute Gasteiger partial charge is 0.0594 e. The number of nitrogens with one attached hydrogen (secondary N) is 1. The molecule has 0 heterocycles. The SMILES string of the molecule is CC1CC(C)CC(OCCNCC2CC2)C1. The Morgan fingerprint density at radius 2 is 1.75 bits per heavy atom. The van der Waals surface area contributed by atoms with Crippen molar-refractivity contribution < 1.29 is 4.74 Å². The third kappa shape index (κ3) is 4.42. The Labute approximate surface area is 100 Å². The Hall–Kier alpha value is -0.0800. The van der Waals surface area contributed by atoms with Gasteiger partial charge in [0.25, 0.3) is 0 Å². The zero-order valence-electron chi connectivity index (χ0n) is 10.9. The van der Waals surface area contributed by atoms with Crippen molar-refractivity contribution in [1.82, 2.24) is 5.32 Å². The fourth-order valence-electron chi connectivity index (χ4n) is 2.94. The van der Waals surface area contributed by atoms with Crippen LogP contribution in [0.1, 0.15) is 46.0 Å². The average molecular weight is 225 g/mol. The van der Waals surface area contributed by atoms with Crippen molar-refractivity contribution in [3.05, 3.63) is 0 Å². The molecule has 0 aliphatic heterocycles. The third-order valence-corrected chi connectivity index (χ3v) is 3.90. The molecule has 0 spiro atoms. The molecular formula is C14H27NO. The fraction of sp³-hybridized carbons (Fsp3) is 1.00. The van der Waals surface area contributed by atoms with E-state index in [2.05, 4.69) is 19.2 Å². The first-order valence-electron chi connectivity index (χ1n) is 7.06. The van der Waals surface area contributed by atoms with Gasteiger partial charge in [-0.1, -0.05) is 13.8 Å². The molecule has 0 aromatic heterocycles. The van der Waals surface area contributed by atoms with Gasteiger partial charge in [0, 0.05) is 6.54 Å². The fourth-order valence-corrected chi connectivity index (χ4v) is 2.94. The molecule has 2 heteroatoms. The van der Waals surface area contributed by atoms with Gasteiger partial charge >= 0.3 is 0 Å². The first-order valence-corrected chi connectivity index (χ1v) is 7.06. The zero-order chi connectivity index (χ0) is 11.4. The lowest BCUT2D eigenvalue weighted by Gasteiger charge is -2.31. The first kappa shape index (κ1) is 12.4. The van der Waals surface area contributed by atoms with Crippen LogP contribution in [0.4, 0.5) is 0 Å². The molecule has 2 nitrogen and oxygen atoms in total. The summed E-state index contributed by atoms with van der Waals surface area (Å²) in [5, 5.41) is 3.48.